The second-order valence-electron chi connectivity index (χ2n) is 6.08. The van der Waals surface area contributed by atoms with Crippen molar-refractivity contribution in [2.24, 2.45) is 11.1 Å². The van der Waals surface area contributed by atoms with E-state index in [-0.39, 0.29) is 28.1 Å². The second-order valence-corrected chi connectivity index (χ2v) is 8.47. The molecule has 4 atom stereocenters. The third-order valence-corrected chi connectivity index (χ3v) is 7.36. The summed E-state index contributed by atoms with van der Waals surface area (Å²) in [5, 5.41) is -0.737. The lowest BCUT2D eigenvalue weighted by Crippen LogP contribution is -2.47. The van der Waals surface area contributed by atoms with Crippen LogP contribution in [-0.2, 0) is 14.6 Å². The molecule has 2 fully saturated rings. The van der Waals surface area contributed by atoms with E-state index in [4.69, 9.17) is 10.5 Å². The van der Waals surface area contributed by atoms with E-state index in [1.165, 1.54) is 0 Å². The van der Waals surface area contributed by atoms with Gasteiger partial charge >= 0.3 is 0 Å². The molecule has 0 aromatic heterocycles. The van der Waals surface area contributed by atoms with Gasteiger partial charge in [0.05, 0.1) is 16.6 Å². The molecule has 0 aromatic rings. The molecule has 1 saturated carbocycles. The monoisotopic (exact) mass is 261 g/mol. The zero-order valence-corrected chi connectivity index (χ0v) is 11.7. The molecule has 1 saturated heterocycles. The van der Waals surface area contributed by atoms with Crippen LogP contribution < -0.4 is 5.73 Å². The van der Waals surface area contributed by atoms with Crippen LogP contribution >= 0.6 is 0 Å². The van der Waals surface area contributed by atoms with Crippen LogP contribution in [-0.4, -0.2) is 37.7 Å². The number of rotatable bonds is 2. The van der Waals surface area contributed by atoms with Crippen molar-refractivity contribution in [3.8, 4) is 0 Å². The average molecular weight is 261 g/mol. The van der Waals surface area contributed by atoms with E-state index in [9.17, 15) is 8.42 Å². The Kier molecular flexibility index (Phi) is 3.30. The van der Waals surface area contributed by atoms with Gasteiger partial charge in [0.15, 0.2) is 9.84 Å². The Morgan fingerprint density at radius 3 is 2.29 bits per heavy atom. The second kappa shape index (κ2) is 4.21. The zero-order valence-electron chi connectivity index (χ0n) is 10.8. The van der Waals surface area contributed by atoms with Crippen LogP contribution in [0, 0.1) is 5.41 Å². The van der Waals surface area contributed by atoms with Gasteiger partial charge in [-0.2, -0.15) is 0 Å². The number of nitrogens with two attached hydrogens (primary N) is 1. The van der Waals surface area contributed by atoms with E-state index in [0.29, 0.717) is 19.4 Å². The number of ether oxygens (including phenoxy) is 1. The van der Waals surface area contributed by atoms with Gasteiger partial charge in [-0.3, -0.25) is 0 Å². The quantitative estimate of drug-likeness (QED) is 0.808. The highest BCUT2D eigenvalue weighted by molar-refractivity contribution is 7.92. The van der Waals surface area contributed by atoms with E-state index in [2.05, 4.69) is 13.8 Å². The maximum Gasteiger partial charge on any atom is 0.160 e. The molecule has 0 amide bonds. The number of sulfone groups is 1. The molecular formula is C12H23NO3S. The molecule has 0 bridgehead atoms. The van der Waals surface area contributed by atoms with Crippen LogP contribution in [0.5, 0.6) is 0 Å². The molecule has 2 aliphatic rings. The van der Waals surface area contributed by atoms with E-state index in [1.807, 2.05) is 6.92 Å². The SMILES string of the molecule is CC1OCCC1S(=O)(=O)C1CCC(C)(C)C1N. The first-order valence-electron chi connectivity index (χ1n) is 6.37. The Balaban J connectivity index is 2.22. The fourth-order valence-electron chi connectivity index (χ4n) is 3.10. The zero-order chi connectivity index (χ0) is 12.8. The Morgan fingerprint density at radius 1 is 1.24 bits per heavy atom. The summed E-state index contributed by atoms with van der Waals surface area (Å²) in [6.07, 6.45) is 2.02. The fraction of sp³-hybridized carbons (Fsp3) is 1.00. The first kappa shape index (κ1) is 13.3. The summed E-state index contributed by atoms with van der Waals surface area (Å²) < 4.78 is 30.5. The van der Waals surface area contributed by atoms with E-state index < -0.39 is 9.84 Å². The van der Waals surface area contributed by atoms with Gasteiger partial charge in [-0.15, -0.1) is 0 Å². The van der Waals surface area contributed by atoms with Crippen LogP contribution in [0.3, 0.4) is 0 Å². The van der Waals surface area contributed by atoms with Crippen LogP contribution in [0.4, 0.5) is 0 Å². The van der Waals surface area contributed by atoms with E-state index >= 15 is 0 Å². The highest BCUT2D eigenvalue weighted by atomic mass is 32.2. The first-order chi connectivity index (χ1) is 7.77. The van der Waals surface area contributed by atoms with Gasteiger partial charge in [0.1, 0.15) is 0 Å². The number of hydrogen-bond acceptors (Lipinski definition) is 4. The molecule has 4 unspecified atom stereocenters. The standard InChI is InChI=1S/C12H23NO3S/c1-8-9(5-7-16-8)17(14,15)10-4-6-12(2,3)11(10)13/h8-11H,4-7,13H2,1-3H3. The molecule has 1 aliphatic heterocycles. The van der Waals surface area contributed by atoms with Crippen molar-refractivity contribution in [3.63, 3.8) is 0 Å². The lowest BCUT2D eigenvalue weighted by atomic mass is 9.88. The van der Waals surface area contributed by atoms with Crippen molar-refractivity contribution in [3.05, 3.63) is 0 Å². The lowest BCUT2D eigenvalue weighted by Gasteiger charge is -2.28. The van der Waals surface area contributed by atoms with E-state index in [0.717, 1.165) is 6.42 Å². The molecule has 100 valence electrons. The van der Waals surface area contributed by atoms with Gasteiger partial charge in [0.2, 0.25) is 0 Å². The molecule has 1 heterocycles. The molecular weight excluding hydrogens is 238 g/mol. The predicted octanol–water partition coefficient (Wildman–Crippen LogP) is 1.09. The highest BCUT2D eigenvalue weighted by Crippen LogP contribution is 2.41. The number of hydrogen-bond donors (Lipinski definition) is 1. The topological polar surface area (TPSA) is 69.4 Å². The van der Waals surface area contributed by atoms with Crippen LogP contribution in [0.25, 0.3) is 0 Å². The summed E-state index contributed by atoms with van der Waals surface area (Å²) in [6.45, 7) is 6.51. The van der Waals surface area contributed by atoms with Gasteiger partial charge in [-0.1, -0.05) is 13.8 Å². The summed E-state index contributed by atoms with van der Waals surface area (Å²) in [5.41, 5.74) is 6.07. The largest absolute Gasteiger partial charge is 0.377 e. The smallest absolute Gasteiger partial charge is 0.160 e. The summed E-state index contributed by atoms with van der Waals surface area (Å²) in [4.78, 5) is 0. The summed E-state index contributed by atoms with van der Waals surface area (Å²) in [7, 11) is -3.16. The molecule has 2 rings (SSSR count). The Morgan fingerprint density at radius 2 is 1.88 bits per heavy atom. The Hall–Kier alpha value is -0.130. The lowest BCUT2D eigenvalue weighted by molar-refractivity contribution is 0.126. The van der Waals surface area contributed by atoms with E-state index in [1.54, 1.807) is 0 Å². The van der Waals surface area contributed by atoms with Crippen LogP contribution in [0.1, 0.15) is 40.0 Å². The van der Waals surface area contributed by atoms with Crippen molar-refractivity contribution < 1.29 is 13.2 Å². The van der Waals surface area contributed by atoms with Crippen molar-refractivity contribution in [2.75, 3.05) is 6.61 Å². The third kappa shape index (κ3) is 2.13. The fourth-order valence-corrected chi connectivity index (χ4v) is 5.81. The molecule has 4 nitrogen and oxygen atoms in total. The van der Waals surface area contributed by atoms with Crippen molar-refractivity contribution in [1.82, 2.24) is 0 Å². The maximum atomic E-state index is 12.6. The van der Waals surface area contributed by atoms with Gasteiger partial charge in [-0.05, 0) is 31.6 Å². The molecule has 0 spiro atoms. The average Bonchev–Trinajstić information content (AvgIpc) is 2.73. The first-order valence-corrected chi connectivity index (χ1v) is 7.97. The molecule has 17 heavy (non-hydrogen) atoms. The van der Waals surface area contributed by atoms with Gasteiger partial charge in [0, 0.05) is 12.6 Å². The van der Waals surface area contributed by atoms with Gasteiger partial charge in [-0.25, -0.2) is 8.42 Å². The normalized spacial score (nSPS) is 41.9. The van der Waals surface area contributed by atoms with Crippen LogP contribution in [0.2, 0.25) is 0 Å². The van der Waals surface area contributed by atoms with Crippen molar-refractivity contribution in [2.45, 2.75) is 62.7 Å². The summed E-state index contributed by atoms with van der Waals surface area (Å²) >= 11 is 0. The minimum absolute atomic E-state index is 0.0690. The van der Waals surface area contributed by atoms with Crippen molar-refractivity contribution >= 4 is 9.84 Å². The molecule has 5 heteroatoms. The maximum absolute atomic E-state index is 12.6. The molecule has 0 aromatic carbocycles. The summed E-state index contributed by atoms with van der Waals surface area (Å²) in [6, 6.07) is -0.250. The third-order valence-electron chi connectivity index (χ3n) is 4.53. The molecule has 2 N–H and O–H groups in total. The van der Waals surface area contributed by atoms with Crippen molar-refractivity contribution in [1.29, 1.82) is 0 Å². The summed E-state index contributed by atoms with van der Waals surface area (Å²) in [5.74, 6) is 0. The van der Waals surface area contributed by atoms with Gasteiger partial charge < -0.3 is 10.5 Å². The Labute approximate surface area is 104 Å². The minimum atomic E-state index is -3.16. The van der Waals surface area contributed by atoms with Crippen LogP contribution in [0.15, 0.2) is 0 Å². The highest BCUT2D eigenvalue weighted by Gasteiger charge is 2.50. The predicted molar refractivity (Wildman–Crippen MR) is 67.5 cm³/mol. The minimum Gasteiger partial charge on any atom is -0.377 e. The Bertz CT molecular complexity index is 391. The molecule has 0 radical (unpaired) electrons. The molecule has 1 aliphatic carbocycles. The van der Waals surface area contributed by atoms with Gasteiger partial charge in [0.25, 0.3) is 0 Å².